The van der Waals surface area contributed by atoms with Gasteiger partial charge in [0.1, 0.15) is 13.1 Å². The van der Waals surface area contributed by atoms with Gasteiger partial charge < -0.3 is 24.0 Å². The molecule has 0 saturated carbocycles. The number of quaternary nitrogens is 1. The Morgan fingerprint density at radius 3 is 1.90 bits per heavy atom. The van der Waals surface area contributed by atoms with E-state index in [0.29, 0.717) is 0 Å². The maximum atomic E-state index is 5.32. The van der Waals surface area contributed by atoms with E-state index in [1.807, 2.05) is 0 Å². The van der Waals surface area contributed by atoms with Crippen LogP contribution >= 0.6 is 0 Å². The highest BCUT2D eigenvalue weighted by atomic mass is 127. The Bertz CT molecular complexity index is 91.6. The number of likely N-dealkylation sites (tertiary alicyclic amines) is 1. The molecule has 3 heteroatoms. The van der Waals surface area contributed by atoms with Crippen LogP contribution in [0.1, 0.15) is 19.3 Å². The van der Waals surface area contributed by atoms with Gasteiger partial charge in [0.15, 0.2) is 0 Å². The molecule has 1 aliphatic rings. The van der Waals surface area contributed by atoms with E-state index in [2.05, 4.69) is 7.05 Å². The van der Waals surface area contributed by atoms with E-state index in [4.69, 9.17) is 4.84 Å². The Hall–Kier alpha value is 0.650. The second-order valence-corrected chi connectivity index (χ2v) is 2.99. The van der Waals surface area contributed by atoms with Crippen LogP contribution in [0.15, 0.2) is 0 Å². The summed E-state index contributed by atoms with van der Waals surface area (Å²) in [5, 5.41) is 0. The fourth-order valence-corrected chi connectivity index (χ4v) is 1.36. The first-order valence-corrected chi connectivity index (χ1v) is 3.67. The van der Waals surface area contributed by atoms with E-state index in [0.717, 1.165) is 4.65 Å². The minimum Gasteiger partial charge on any atom is -1.00 e. The summed E-state index contributed by atoms with van der Waals surface area (Å²) in [6, 6.07) is 0. The summed E-state index contributed by atoms with van der Waals surface area (Å²) >= 11 is 0. The van der Waals surface area contributed by atoms with Crippen molar-refractivity contribution in [1.82, 2.24) is 0 Å². The lowest BCUT2D eigenvalue weighted by molar-refractivity contribution is -1.09. The summed E-state index contributed by atoms with van der Waals surface area (Å²) in [5.74, 6) is 0. The maximum absolute atomic E-state index is 5.32. The van der Waals surface area contributed by atoms with Crippen molar-refractivity contribution in [3.05, 3.63) is 0 Å². The van der Waals surface area contributed by atoms with Crippen molar-refractivity contribution >= 4 is 0 Å². The average Bonchev–Trinajstić information content (AvgIpc) is 1.90. The predicted molar refractivity (Wildman–Crippen MR) is 36.8 cm³/mol. The van der Waals surface area contributed by atoms with Crippen LogP contribution in [0.3, 0.4) is 0 Å². The van der Waals surface area contributed by atoms with E-state index in [-0.39, 0.29) is 24.0 Å². The van der Waals surface area contributed by atoms with Gasteiger partial charge in [-0.3, -0.25) is 0 Å². The van der Waals surface area contributed by atoms with Crippen molar-refractivity contribution in [2.45, 2.75) is 19.3 Å². The van der Waals surface area contributed by atoms with Crippen LogP contribution in [0, 0.1) is 0 Å². The van der Waals surface area contributed by atoms with Crippen LogP contribution in [-0.2, 0) is 4.84 Å². The molecule has 1 rings (SSSR count). The fraction of sp³-hybridized carbons (Fsp3) is 1.00. The van der Waals surface area contributed by atoms with Crippen molar-refractivity contribution in [1.29, 1.82) is 0 Å². The van der Waals surface area contributed by atoms with Gasteiger partial charge in [-0.1, -0.05) is 0 Å². The number of rotatable bonds is 1. The van der Waals surface area contributed by atoms with Gasteiger partial charge in [-0.2, -0.15) is 4.65 Å². The van der Waals surface area contributed by atoms with Crippen LogP contribution in [0.2, 0.25) is 0 Å². The molecule has 0 aromatic rings. The molecule has 62 valence electrons. The maximum Gasteiger partial charge on any atom is 0.109 e. The molecule has 0 aliphatic carbocycles. The second kappa shape index (κ2) is 4.51. The predicted octanol–water partition coefficient (Wildman–Crippen LogP) is -1.82. The van der Waals surface area contributed by atoms with E-state index < -0.39 is 0 Å². The van der Waals surface area contributed by atoms with E-state index in [1.54, 1.807) is 7.11 Å². The number of piperidine rings is 1. The zero-order valence-electron chi connectivity index (χ0n) is 6.77. The van der Waals surface area contributed by atoms with Gasteiger partial charge in [0.2, 0.25) is 0 Å². The van der Waals surface area contributed by atoms with Gasteiger partial charge in [-0.15, -0.1) is 0 Å². The summed E-state index contributed by atoms with van der Waals surface area (Å²) < 4.78 is 0.819. The Labute approximate surface area is 80.1 Å². The lowest BCUT2D eigenvalue weighted by Gasteiger charge is -2.32. The third kappa shape index (κ3) is 2.72. The monoisotopic (exact) mass is 257 g/mol. The molecule has 0 bridgehead atoms. The lowest BCUT2D eigenvalue weighted by atomic mass is 10.1. The van der Waals surface area contributed by atoms with Gasteiger partial charge in [0, 0.05) is 0 Å². The van der Waals surface area contributed by atoms with E-state index in [9.17, 15) is 0 Å². The SMILES string of the molecule is CO[N+]1(C)CCCCC1.[I-]. The largest absolute Gasteiger partial charge is 1.00 e. The average molecular weight is 257 g/mol. The topological polar surface area (TPSA) is 9.23 Å². The molecule has 0 radical (unpaired) electrons. The second-order valence-electron chi connectivity index (χ2n) is 2.99. The molecule has 0 atom stereocenters. The lowest BCUT2D eigenvalue weighted by Crippen LogP contribution is -3.00. The summed E-state index contributed by atoms with van der Waals surface area (Å²) in [6.07, 6.45) is 4.03. The first kappa shape index (κ1) is 10.7. The van der Waals surface area contributed by atoms with Crippen molar-refractivity contribution < 1.29 is 33.5 Å². The Kier molecular flexibility index (Phi) is 4.81. The molecular formula is C7H16INO. The molecule has 0 spiro atoms. The van der Waals surface area contributed by atoms with E-state index >= 15 is 0 Å². The third-order valence-electron chi connectivity index (χ3n) is 2.20. The van der Waals surface area contributed by atoms with Crippen LogP contribution in [0.25, 0.3) is 0 Å². The Balaban J connectivity index is 0.000000810. The number of nitrogens with zero attached hydrogens (tertiary/aromatic N) is 1. The zero-order chi connectivity index (χ0) is 6.74. The molecule has 1 fully saturated rings. The highest BCUT2D eigenvalue weighted by Gasteiger charge is 2.24. The van der Waals surface area contributed by atoms with Crippen LogP contribution < -0.4 is 24.0 Å². The minimum atomic E-state index is 0. The van der Waals surface area contributed by atoms with Gasteiger partial charge in [0.25, 0.3) is 0 Å². The molecule has 1 aliphatic heterocycles. The van der Waals surface area contributed by atoms with Gasteiger partial charge in [-0.05, 0) is 19.3 Å². The van der Waals surface area contributed by atoms with Gasteiger partial charge in [-0.25, -0.2) is 4.84 Å². The van der Waals surface area contributed by atoms with Crippen LogP contribution in [0.5, 0.6) is 0 Å². The summed E-state index contributed by atoms with van der Waals surface area (Å²) in [6.45, 7) is 2.38. The van der Waals surface area contributed by atoms with Gasteiger partial charge in [0.05, 0.1) is 14.2 Å². The molecule has 1 heterocycles. The van der Waals surface area contributed by atoms with E-state index in [1.165, 1.54) is 32.4 Å². The van der Waals surface area contributed by atoms with Gasteiger partial charge >= 0.3 is 0 Å². The van der Waals surface area contributed by atoms with Crippen LogP contribution in [0.4, 0.5) is 0 Å². The van der Waals surface area contributed by atoms with Crippen molar-refractivity contribution in [3.8, 4) is 0 Å². The number of hydroxylamine groups is 3. The number of hydrogen-bond acceptors (Lipinski definition) is 1. The summed E-state index contributed by atoms with van der Waals surface area (Å²) in [7, 11) is 3.95. The Morgan fingerprint density at radius 1 is 1.10 bits per heavy atom. The molecule has 0 N–H and O–H groups in total. The van der Waals surface area contributed by atoms with Crippen molar-refractivity contribution in [2.24, 2.45) is 0 Å². The molecule has 0 aromatic carbocycles. The zero-order valence-corrected chi connectivity index (χ0v) is 8.93. The smallest absolute Gasteiger partial charge is 0.109 e. The fourth-order valence-electron chi connectivity index (χ4n) is 1.36. The number of hydrogen-bond donors (Lipinski definition) is 0. The molecule has 1 saturated heterocycles. The molecular weight excluding hydrogens is 241 g/mol. The first-order chi connectivity index (χ1) is 4.27. The summed E-state index contributed by atoms with van der Waals surface area (Å²) in [4.78, 5) is 5.32. The molecule has 0 amide bonds. The highest BCUT2D eigenvalue weighted by Crippen LogP contribution is 2.15. The highest BCUT2D eigenvalue weighted by molar-refractivity contribution is 4.46. The van der Waals surface area contributed by atoms with Crippen molar-refractivity contribution in [3.63, 3.8) is 0 Å². The minimum absolute atomic E-state index is 0. The Morgan fingerprint density at radius 2 is 1.60 bits per heavy atom. The molecule has 0 aromatic heterocycles. The standard InChI is InChI=1S/C7H16NO.HI/c1-8(9-2)6-4-3-5-7-8;/h3-7H2,1-2H3;1H/q+1;/p-1. The quantitative estimate of drug-likeness (QED) is 0.397. The number of halogens is 1. The normalized spacial score (nSPS) is 23.4. The molecule has 10 heavy (non-hydrogen) atoms. The molecule has 0 unspecified atom stereocenters. The molecule has 2 nitrogen and oxygen atoms in total. The first-order valence-electron chi connectivity index (χ1n) is 3.67. The summed E-state index contributed by atoms with van der Waals surface area (Å²) in [5.41, 5.74) is 0. The third-order valence-corrected chi connectivity index (χ3v) is 2.20. The van der Waals surface area contributed by atoms with Crippen molar-refractivity contribution in [2.75, 3.05) is 27.2 Å². The van der Waals surface area contributed by atoms with Crippen LogP contribution in [-0.4, -0.2) is 31.9 Å².